The number of aliphatic hydroxyl groups excluding tert-OH is 1. The molecular weight excluding hydrogens is 276 g/mol. The molecule has 0 radical (unpaired) electrons. The van der Waals surface area contributed by atoms with Gasteiger partial charge in [-0.3, -0.25) is 4.79 Å². The number of allylic oxidation sites excluding steroid dienone is 4. The molecule has 0 aliphatic heterocycles. The third kappa shape index (κ3) is 6.08. The zero-order chi connectivity index (χ0) is 17.6. The quantitative estimate of drug-likeness (QED) is 0.346. The van der Waals surface area contributed by atoms with Crippen LogP contribution in [0.1, 0.15) is 67.2 Å². The second-order valence-electron chi connectivity index (χ2n) is 7.36. The van der Waals surface area contributed by atoms with Gasteiger partial charge in [-0.1, -0.05) is 60.3 Å². The van der Waals surface area contributed by atoms with Crippen LogP contribution in [0.5, 0.6) is 0 Å². The Labute approximate surface area is 135 Å². The zero-order valence-corrected chi connectivity index (χ0v) is 15.0. The van der Waals surface area contributed by atoms with E-state index in [1.807, 2.05) is 26.8 Å². The average molecular weight is 308 g/mol. The van der Waals surface area contributed by atoms with Gasteiger partial charge in [-0.15, -0.1) is 0 Å². The van der Waals surface area contributed by atoms with Crippen LogP contribution in [0.25, 0.3) is 0 Å². The second-order valence-corrected chi connectivity index (χ2v) is 7.36. The lowest BCUT2D eigenvalue weighted by molar-refractivity contribution is -0.137. The topological polar surface area (TPSA) is 57.5 Å². The molecule has 0 heterocycles. The van der Waals surface area contributed by atoms with Crippen LogP contribution in [0.3, 0.4) is 0 Å². The molecule has 3 heteroatoms. The van der Waals surface area contributed by atoms with E-state index in [0.717, 1.165) is 17.6 Å². The van der Waals surface area contributed by atoms with Gasteiger partial charge in [0.15, 0.2) is 0 Å². The highest BCUT2D eigenvalue weighted by atomic mass is 16.4. The van der Waals surface area contributed by atoms with Crippen LogP contribution in [0.4, 0.5) is 0 Å². The van der Waals surface area contributed by atoms with Crippen molar-refractivity contribution >= 4 is 5.97 Å². The third-order valence-corrected chi connectivity index (χ3v) is 4.08. The smallest absolute Gasteiger partial charge is 0.303 e. The molecule has 0 spiro atoms. The normalized spacial score (nSPS) is 14.5. The minimum atomic E-state index is -0.788. The summed E-state index contributed by atoms with van der Waals surface area (Å²) in [6.07, 6.45) is 5.95. The monoisotopic (exact) mass is 308 g/mol. The molecule has 0 aliphatic carbocycles. The Morgan fingerprint density at radius 3 is 2.05 bits per heavy atom. The number of carbonyl (C=O) groups is 1. The molecule has 0 unspecified atom stereocenters. The first-order chi connectivity index (χ1) is 9.97. The van der Waals surface area contributed by atoms with Crippen LogP contribution < -0.4 is 0 Å². The molecule has 0 saturated heterocycles. The van der Waals surface area contributed by atoms with Crippen LogP contribution >= 0.6 is 0 Å². The maximum absolute atomic E-state index is 10.8. The van der Waals surface area contributed by atoms with Crippen molar-refractivity contribution < 1.29 is 15.0 Å². The van der Waals surface area contributed by atoms with E-state index < -0.39 is 5.97 Å². The minimum Gasteiger partial charge on any atom is -0.507 e. The Kier molecular flexibility index (Phi) is 7.65. The highest BCUT2D eigenvalue weighted by Gasteiger charge is 2.28. The summed E-state index contributed by atoms with van der Waals surface area (Å²) < 4.78 is 0. The molecule has 22 heavy (non-hydrogen) atoms. The zero-order valence-electron chi connectivity index (χ0n) is 15.0. The Hall–Kier alpha value is -1.51. The highest BCUT2D eigenvalue weighted by molar-refractivity contribution is 5.66. The maximum Gasteiger partial charge on any atom is 0.303 e. The first kappa shape index (κ1) is 20.5. The molecule has 0 bridgehead atoms. The molecule has 0 rings (SSSR count). The van der Waals surface area contributed by atoms with Crippen molar-refractivity contribution in [2.75, 3.05) is 0 Å². The van der Waals surface area contributed by atoms with Crippen molar-refractivity contribution in [3.8, 4) is 0 Å². The van der Waals surface area contributed by atoms with E-state index in [4.69, 9.17) is 5.11 Å². The fourth-order valence-corrected chi connectivity index (χ4v) is 2.29. The lowest BCUT2D eigenvalue weighted by Crippen LogP contribution is -2.19. The van der Waals surface area contributed by atoms with Gasteiger partial charge in [0.05, 0.1) is 0 Å². The third-order valence-electron chi connectivity index (χ3n) is 4.08. The summed E-state index contributed by atoms with van der Waals surface area (Å²) in [7, 11) is 0. The van der Waals surface area contributed by atoms with Crippen LogP contribution in [0, 0.1) is 10.8 Å². The van der Waals surface area contributed by atoms with Crippen molar-refractivity contribution in [2.24, 2.45) is 10.8 Å². The molecule has 0 aromatic rings. The molecular formula is C19H32O3. The summed E-state index contributed by atoms with van der Waals surface area (Å²) in [6.45, 7) is 16.3. The number of carboxylic acids is 1. The summed E-state index contributed by atoms with van der Waals surface area (Å²) in [5.41, 5.74) is 1.33. The lowest BCUT2D eigenvalue weighted by atomic mass is 9.76. The van der Waals surface area contributed by atoms with E-state index in [1.165, 1.54) is 0 Å². The Morgan fingerprint density at radius 1 is 1.14 bits per heavy atom. The van der Waals surface area contributed by atoms with Gasteiger partial charge in [-0.25, -0.2) is 0 Å². The number of unbranched alkanes of at least 4 members (excludes halogenated alkanes) is 1. The van der Waals surface area contributed by atoms with E-state index in [0.29, 0.717) is 12.8 Å². The van der Waals surface area contributed by atoms with Gasteiger partial charge in [0.2, 0.25) is 0 Å². The summed E-state index contributed by atoms with van der Waals surface area (Å²) >= 11 is 0. The van der Waals surface area contributed by atoms with Crippen molar-refractivity contribution in [1.29, 1.82) is 0 Å². The molecule has 0 amide bonds. The molecule has 0 aliphatic rings. The molecule has 0 saturated carbocycles. The van der Waals surface area contributed by atoms with E-state index in [-0.39, 0.29) is 23.0 Å². The fourth-order valence-electron chi connectivity index (χ4n) is 2.29. The lowest BCUT2D eigenvalue weighted by Gasteiger charge is -2.30. The van der Waals surface area contributed by atoms with Gasteiger partial charge in [0, 0.05) is 6.42 Å². The van der Waals surface area contributed by atoms with Gasteiger partial charge in [0.25, 0.3) is 0 Å². The number of aliphatic carboxylic acids is 1. The van der Waals surface area contributed by atoms with Gasteiger partial charge in [-0.05, 0) is 41.2 Å². The highest BCUT2D eigenvalue weighted by Crippen LogP contribution is 2.39. The van der Waals surface area contributed by atoms with E-state index >= 15 is 0 Å². The van der Waals surface area contributed by atoms with Crippen LogP contribution in [0.15, 0.2) is 35.6 Å². The van der Waals surface area contributed by atoms with Crippen LogP contribution in [-0.2, 0) is 4.79 Å². The number of aliphatic hydroxyl groups is 1. The largest absolute Gasteiger partial charge is 0.507 e. The average Bonchev–Trinajstić information content (AvgIpc) is 2.36. The van der Waals surface area contributed by atoms with E-state index in [9.17, 15) is 9.90 Å². The van der Waals surface area contributed by atoms with Crippen molar-refractivity contribution in [3.63, 3.8) is 0 Å². The van der Waals surface area contributed by atoms with E-state index in [2.05, 4.69) is 27.4 Å². The first-order valence-corrected chi connectivity index (χ1v) is 7.96. The summed E-state index contributed by atoms with van der Waals surface area (Å²) in [5.74, 6) is -0.506. The summed E-state index contributed by atoms with van der Waals surface area (Å²) in [6, 6.07) is 0. The number of rotatable bonds is 8. The molecule has 126 valence electrons. The number of hydrogen-bond acceptors (Lipinski definition) is 2. The summed E-state index contributed by atoms with van der Waals surface area (Å²) in [4.78, 5) is 10.6. The molecule has 0 aromatic heterocycles. The molecule has 0 aromatic carbocycles. The van der Waals surface area contributed by atoms with Crippen LogP contribution in [-0.4, -0.2) is 16.2 Å². The molecule has 3 nitrogen and oxygen atoms in total. The molecule has 0 atom stereocenters. The van der Waals surface area contributed by atoms with Crippen molar-refractivity contribution in [2.45, 2.75) is 67.2 Å². The molecule has 2 N–H and O–H groups in total. The van der Waals surface area contributed by atoms with Gasteiger partial charge < -0.3 is 10.2 Å². The van der Waals surface area contributed by atoms with E-state index in [1.54, 1.807) is 6.08 Å². The van der Waals surface area contributed by atoms with Gasteiger partial charge in [-0.2, -0.15) is 0 Å². The fraction of sp³-hybridized carbons (Fsp3) is 0.632. The predicted molar refractivity (Wildman–Crippen MR) is 92.9 cm³/mol. The number of carboxylic acid groups (broad SMARTS) is 1. The Morgan fingerprint density at radius 2 is 1.68 bits per heavy atom. The Balaban J connectivity index is 5.65. The number of hydrogen-bond donors (Lipinski definition) is 2. The van der Waals surface area contributed by atoms with Crippen molar-refractivity contribution in [1.82, 2.24) is 0 Å². The maximum atomic E-state index is 10.8. The predicted octanol–water partition coefficient (Wildman–Crippen LogP) is 5.65. The summed E-state index contributed by atoms with van der Waals surface area (Å²) in [5, 5.41) is 19.5. The SMILES string of the molecule is C=C/C(=C(O)\C(=C/CCCC(=O)O)C(C)(C)C)C(C)(C)CC. The Bertz CT molecular complexity index is 460. The van der Waals surface area contributed by atoms with Gasteiger partial charge >= 0.3 is 5.97 Å². The standard InChI is InChI=1S/C19H32O3/c1-8-14(19(6,7)9-2)17(22)15(18(3,4)5)12-10-11-13-16(20)21/h8,12,22H,1,9-11,13H2,2-7H3,(H,20,21)/b15-12+,17-14-. The first-order valence-electron chi connectivity index (χ1n) is 7.96. The van der Waals surface area contributed by atoms with Crippen LogP contribution in [0.2, 0.25) is 0 Å². The van der Waals surface area contributed by atoms with Crippen molar-refractivity contribution in [3.05, 3.63) is 35.6 Å². The van der Waals surface area contributed by atoms with Gasteiger partial charge in [0.1, 0.15) is 5.76 Å². The minimum absolute atomic E-state index is 0.146. The second kappa shape index (κ2) is 8.21. The molecule has 0 fully saturated rings.